The molecule has 0 amide bonds. The number of nitrogen functional groups attached to an aromatic ring is 1. The van der Waals surface area contributed by atoms with Gasteiger partial charge in [-0.15, -0.1) is 0 Å². The van der Waals surface area contributed by atoms with Crippen molar-refractivity contribution in [2.45, 2.75) is 25.7 Å². The highest BCUT2D eigenvalue weighted by Gasteiger charge is 2.09. The first-order chi connectivity index (χ1) is 9.31. The van der Waals surface area contributed by atoms with E-state index in [-0.39, 0.29) is 0 Å². The molecule has 1 aromatic rings. The van der Waals surface area contributed by atoms with E-state index in [0.717, 1.165) is 18.8 Å². The van der Waals surface area contributed by atoms with Crippen LogP contribution in [-0.4, -0.2) is 31.1 Å². The summed E-state index contributed by atoms with van der Waals surface area (Å²) < 4.78 is 0. The molecule has 1 aliphatic rings. The number of nitriles is 1. The molecule has 3 N–H and O–H groups in total. The molecule has 1 aromatic carbocycles. The molecule has 19 heavy (non-hydrogen) atoms. The van der Waals surface area contributed by atoms with Crippen LogP contribution >= 0.6 is 0 Å². The summed E-state index contributed by atoms with van der Waals surface area (Å²) in [5.41, 5.74) is 7.91. The van der Waals surface area contributed by atoms with Crippen molar-refractivity contribution in [3.8, 4) is 6.07 Å². The Hall–Kier alpha value is -1.73. The van der Waals surface area contributed by atoms with Crippen LogP contribution in [0, 0.1) is 11.3 Å². The summed E-state index contributed by atoms with van der Waals surface area (Å²) in [5.74, 6) is 0. The summed E-state index contributed by atoms with van der Waals surface area (Å²) in [5, 5.41) is 12.3. The van der Waals surface area contributed by atoms with Crippen LogP contribution in [0.1, 0.15) is 31.2 Å². The molecule has 0 unspecified atom stereocenters. The van der Waals surface area contributed by atoms with Crippen LogP contribution in [0.3, 0.4) is 0 Å². The predicted octanol–water partition coefficient (Wildman–Crippen LogP) is 2.43. The van der Waals surface area contributed by atoms with Crippen LogP contribution in [0.15, 0.2) is 18.2 Å². The lowest BCUT2D eigenvalue weighted by molar-refractivity contribution is 0.296. The van der Waals surface area contributed by atoms with Gasteiger partial charge in [0.2, 0.25) is 0 Å². The second kappa shape index (κ2) is 7.01. The van der Waals surface area contributed by atoms with Gasteiger partial charge in [0.1, 0.15) is 6.07 Å². The zero-order valence-corrected chi connectivity index (χ0v) is 11.4. The van der Waals surface area contributed by atoms with Crippen LogP contribution in [0.5, 0.6) is 0 Å². The minimum absolute atomic E-state index is 0.541. The van der Waals surface area contributed by atoms with Gasteiger partial charge in [0, 0.05) is 13.1 Å². The van der Waals surface area contributed by atoms with E-state index in [0.29, 0.717) is 11.3 Å². The third kappa shape index (κ3) is 3.87. The van der Waals surface area contributed by atoms with Crippen molar-refractivity contribution in [3.05, 3.63) is 23.8 Å². The summed E-state index contributed by atoms with van der Waals surface area (Å²) in [4.78, 5) is 2.50. The maximum atomic E-state index is 8.94. The van der Waals surface area contributed by atoms with E-state index in [4.69, 9.17) is 11.0 Å². The minimum atomic E-state index is 0.541. The molecule has 2 rings (SSSR count). The average molecular weight is 258 g/mol. The standard InChI is InChI=1S/C15H22N4/c16-12-13-6-5-7-14(15(13)17)18-8-11-19-9-3-1-2-4-10-19/h5-7,18H,1-4,8-11,17H2. The van der Waals surface area contributed by atoms with Crippen molar-refractivity contribution in [1.29, 1.82) is 5.26 Å². The number of likely N-dealkylation sites (tertiary alicyclic amines) is 1. The fraction of sp³-hybridized carbons (Fsp3) is 0.533. The number of benzene rings is 1. The quantitative estimate of drug-likeness (QED) is 0.814. The maximum absolute atomic E-state index is 8.94. The van der Waals surface area contributed by atoms with Crippen molar-refractivity contribution in [3.63, 3.8) is 0 Å². The molecule has 1 fully saturated rings. The van der Waals surface area contributed by atoms with Crippen LogP contribution < -0.4 is 11.1 Å². The monoisotopic (exact) mass is 258 g/mol. The smallest absolute Gasteiger partial charge is 0.101 e. The Kier molecular flexibility index (Phi) is 5.05. The Bertz CT molecular complexity index is 442. The zero-order chi connectivity index (χ0) is 13.5. The van der Waals surface area contributed by atoms with Crippen LogP contribution in [0.2, 0.25) is 0 Å². The number of hydrogen-bond acceptors (Lipinski definition) is 4. The molecule has 0 atom stereocenters. The number of nitrogens with zero attached hydrogens (tertiary/aromatic N) is 2. The molecule has 4 heteroatoms. The minimum Gasteiger partial charge on any atom is -0.396 e. The molecule has 1 saturated heterocycles. The highest BCUT2D eigenvalue weighted by molar-refractivity contribution is 5.72. The number of para-hydroxylation sites is 1. The molecular formula is C15H22N4. The van der Waals surface area contributed by atoms with Crippen molar-refractivity contribution in [1.82, 2.24) is 4.90 Å². The highest BCUT2D eigenvalue weighted by Crippen LogP contribution is 2.21. The largest absolute Gasteiger partial charge is 0.396 e. The van der Waals surface area contributed by atoms with E-state index < -0.39 is 0 Å². The van der Waals surface area contributed by atoms with Crippen molar-refractivity contribution in [2.75, 3.05) is 37.2 Å². The summed E-state index contributed by atoms with van der Waals surface area (Å²) in [6.07, 6.45) is 5.35. The van der Waals surface area contributed by atoms with Gasteiger partial charge in [-0.2, -0.15) is 5.26 Å². The summed E-state index contributed by atoms with van der Waals surface area (Å²) in [7, 11) is 0. The zero-order valence-electron chi connectivity index (χ0n) is 11.4. The number of nitrogens with two attached hydrogens (primary N) is 1. The first-order valence-corrected chi connectivity index (χ1v) is 7.06. The number of rotatable bonds is 4. The topological polar surface area (TPSA) is 65.1 Å². The normalized spacial score (nSPS) is 16.6. The van der Waals surface area contributed by atoms with E-state index in [9.17, 15) is 0 Å². The van der Waals surface area contributed by atoms with Crippen molar-refractivity contribution in [2.24, 2.45) is 0 Å². The SMILES string of the molecule is N#Cc1cccc(NCCN2CCCCCC2)c1N. The van der Waals surface area contributed by atoms with E-state index in [1.165, 1.54) is 38.8 Å². The van der Waals surface area contributed by atoms with Gasteiger partial charge in [-0.3, -0.25) is 0 Å². The second-order valence-electron chi connectivity index (χ2n) is 5.06. The fourth-order valence-electron chi connectivity index (χ4n) is 2.53. The van der Waals surface area contributed by atoms with Gasteiger partial charge in [-0.25, -0.2) is 0 Å². The molecule has 0 spiro atoms. The molecule has 102 valence electrons. The van der Waals surface area contributed by atoms with Gasteiger partial charge in [0.15, 0.2) is 0 Å². The van der Waals surface area contributed by atoms with Gasteiger partial charge in [0.25, 0.3) is 0 Å². The molecule has 0 aromatic heterocycles. The fourth-order valence-corrected chi connectivity index (χ4v) is 2.53. The van der Waals surface area contributed by atoms with Gasteiger partial charge >= 0.3 is 0 Å². The first-order valence-electron chi connectivity index (χ1n) is 7.06. The lowest BCUT2D eigenvalue weighted by Crippen LogP contribution is -2.30. The summed E-state index contributed by atoms with van der Waals surface area (Å²) in [6.45, 7) is 4.32. The lowest BCUT2D eigenvalue weighted by atomic mass is 10.1. The van der Waals surface area contributed by atoms with E-state index in [2.05, 4.69) is 16.3 Å². The van der Waals surface area contributed by atoms with Crippen molar-refractivity contribution < 1.29 is 0 Å². The summed E-state index contributed by atoms with van der Waals surface area (Å²) in [6, 6.07) is 7.65. The Morgan fingerprint density at radius 3 is 2.63 bits per heavy atom. The van der Waals surface area contributed by atoms with E-state index >= 15 is 0 Å². The van der Waals surface area contributed by atoms with Crippen molar-refractivity contribution >= 4 is 11.4 Å². The number of anilines is 2. The first kappa shape index (κ1) is 13.7. The molecule has 4 nitrogen and oxygen atoms in total. The Labute approximate surface area is 115 Å². The van der Waals surface area contributed by atoms with Gasteiger partial charge in [-0.1, -0.05) is 18.9 Å². The van der Waals surface area contributed by atoms with Crippen LogP contribution in [0.25, 0.3) is 0 Å². The van der Waals surface area contributed by atoms with Gasteiger partial charge < -0.3 is 16.0 Å². The maximum Gasteiger partial charge on any atom is 0.101 e. The Morgan fingerprint density at radius 2 is 1.95 bits per heavy atom. The van der Waals surface area contributed by atoms with Crippen LogP contribution in [0.4, 0.5) is 11.4 Å². The third-order valence-corrected chi connectivity index (χ3v) is 3.67. The second-order valence-corrected chi connectivity index (χ2v) is 5.06. The van der Waals surface area contributed by atoms with E-state index in [1.54, 1.807) is 6.07 Å². The summed E-state index contributed by atoms with van der Waals surface area (Å²) >= 11 is 0. The lowest BCUT2D eigenvalue weighted by Gasteiger charge is -2.20. The molecular weight excluding hydrogens is 236 g/mol. The van der Waals surface area contributed by atoms with Gasteiger partial charge in [0.05, 0.1) is 16.9 Å². The molecule has 0 aliphatic carbocycles. The van der Waals surface area contributed by atoms with E-state index in [1.807, 2.05) is 12.1 Å². The van der Waals surface area contributed by atoms with Crippen LogP contribution in [-0.2, 0) is 0 Å². The molecule has 1 heterocycles. The molecule has 0 bridgehead atoms. The van der Waals surface area contributed by atoms with Gasteiger partial charge in [-0.05, 0) is 38.1 Å². The molecule has 1 aliphatic heterocycles. The highest BCUT2D eigenvalue weighted by atomic mass is 15.1. The predicted molar refractivity (Wildman–Crippen MR) is 79.0 cm³/mol. The molecule has 0 saturated carbocycles. The molecule has 0 radical (unpaired) electrons. The Balaban J connectivity index is 1.84. The third-order valence-electron chi connectivity index (χ3n) is 3.67. The average Bonchev–Trinajstić information content (AvgIpc) is 2.69. The Morgan fingerprint density at radius 1 is 1.21 bits per heavy atom. The number of hydrogen-bond donors (Lipinski definition) is 2. The number of nitrogens with one attached hydrogen (secondary N) is 1.